The highest BCUT2D eigenvalue weighted by Crippen LogP contribution is 2.42. The number of ether oxygens (including phenoxy) is 1. The van der Waals surface area contributed by atoms with Gasteiger partial charge in [0.15, 0.2) is 8.32 Å². The summed E-state index contributed by atoms with van der Waals surface area (Å²) in [4.78, 5) is 31.8. The predicted octanol–water partition coefficient (Wildman–Crippen LogP) is 9.89. The second-order valence-electron chi connectivity index (χ2n) is 14.4. The molecule has 0 N–H and O–H groups in total. The molecule has 1 aromatic rings. The number of hydrogen-bond acceptors (Lipinski definition) is 6. The first kappa shape index (κ1) is 38.1. The summed E-state index contributed by atoms with van der Waals surface area (Å²) in [5.74, 6) is -1.86. The lowest BCUT2D eigenvalue weighted by molar-refractivity contribution is -0.150. The fraction of sp³-hybridized carbons (Fsp3) is 0.676. The van der Waals surface area contributed by atoms with Gasteiger partial charge in [-0.05, 0) is 61.9 Å². The largest absolute Gasteiger partial charge is 0.457 e. The topological polar surface area (TPSA) is 65.5 Å². The predicted molar refractivity (Wildman–Crippen MR) is 176 cm³/mol. The molecule has 0 aliphatic carbocycles. The van der Waals surface area contributed by atoms with Crippen LogP contribution in [0.4, 0.5) is 13.2 Å². The van der Waals surface area contributed by atoms with E-state index in [9.17, 15) is 22.8 Å². The van der Waals surface area contributed by atoms with Gasteiger partial charge >= 0.3 is 12.1 Å². The highest BCUT2D eigenvalue weighted by atomic mass is 32.1. The van der Waals surface area contributed by atoms with Gasteiger partial charge < -0.3 is 9.16 Å². The van der Waals surface area contributed by atoms with Crippen LogP contribution in [0.15, 0.2) is 34.8 Å². The van der Waals surface area contributed by atoms with Crippen molar-refractivity contribution in [2.24, 2.45) is 23.2 Å². The summed E-state index contributed by atoms with van der Waals surface area (Å²) in [6.07, 6.45) is -0.405. The van der Waals surface area contributed by atoms with Crippen LogP contribution in [0.1, 0.15) is 92.3 Å². The highest BCUT2D eigenvalue weighted by molar-refractivity contribution is 7.09. The van der Waals surface area contributed by atoms with Crippen LogP contribution < -0.4 is 0 Å². The van der Waals surface area contributed by atoms with E-state index in [1.165, 1.54) is 17.4 Å². The van der Waals surface area contributed by atoms with E-state index in [-0.39, 0.29) is 41.9 Å². The van der Waals surface area contributed by atoms with Gasteiger partial charge in [0.2, 0.25) is 0 Å². The lowest BCUT2D eigenvalue weighted by Crippen LogP contribution is -2.50. The van der Waals surface area contributed by atoms with Gasteiger partial charge in [0.05, 0.1) is 16.8 Å². The molecule has 1 unspecified atom stereocenters. The number of esters is 1. The Balaban J connectivity index is 2.61. The number of cyclic esters (lactones) is 1. The lowest BCUT2D eigenvalue weighted by atomic mass is 9.69. The minimum atomic E-state index is -4.56. The van der Waals surface area contributed by atoms with E-state index < -0.39 is 49.6 Å². The third kappa shape index (κ3) is 9.98. The van der Waals surface area contributed by atoms with Crippen molar-refractivity contribution < 1.29 is 31.9 Å². The van der Waals surface area contributed by atoms with Gasteiger partial charge in [-0.3, -0.25) is 9.59 Å². The van der Waals surface area contributed by atoms with Crippen molar-refractivity contribution in [3.8, 4) is 0 Å². The first-order valence-corrected chi connectivity index (χ1v) is 19.2. The van der Waals surface area contributed by atoms with Crippen molar-refractivity contribution >= 4 is 37.5 Å². The minimum absolute atomic E-state index is 0.0451. The second-order valence-corrected chi connectivity index (χ2v) is 20.3. The fourth-order valence-corrected chi connectivity index (χ4v) is 7.08. The van der Waals surface area contributed by atoms with E-state index >= 15 is 0 Å². The molecule has 5 nitrogen and oxygen atoms in total. The van der Waals surface area contributed by atoms with Crippen LogP contribution in [-0.2, 0) is 18.8 Å². The quantitative estimate of drug-likeness (QED) is 0.184. The molecule has 248 valence electrons. The third-order valence-electron chi connectivity index (χ3n) is 9.52. The number of allylic oxidation sites excluding steroid dienone is 2. The van der Waals surface area contributed by atoms with E-state index in [4.69, 9.17) is 9.16 Å². The van der Waals surface area contributed by atoms with Gasteiger partial charge in [-0.1, -0.05) is 73.6 Å². The molecule has 0 spiro atoms. The molecule has 0 radical (unpaired) electrons. The number of aromatic nitrogens is 1. The summed E-state index contributed by atoms with van der Waals surface area (Å²) >= 11 is 1.46. The average Bonchev–Trinajstić information content (AvgIpc) is 3.29. The maximum absolute atomic E-state index is 14.2. The van der Waals surface area contributed by atoms with Crippen molar-refractivity contribution in [1.29, 1.82) is 0 Å². The van der Waals surface area contributed by atoms with Crippen LogP contribution in [0.3, 0.4) is 0 Å². The SMILES string of the molecule is C/C(=C\c1csc(C)n1)C1C/C=C(/C(F)(F)F)C/C=C/[C@H](C)[C@H](O[Si](C)(C)C(C)(C)C)[C@@H](C)C(=O)C(C)(C)[C@@H](C)CC(=O)O1. The van der Waals surface area contributed by atoms with E-state index in [0.717, 1.165) is 11.1 Å². The van der Waals surface area contributed by atoms with Crippen molar-refractivity contribution in [2.45, 2.75) is 125 Å². The second kappa shape index (κ2) is 14.6. The van der Waals surface area contributed by atoms with Crippen molar-refractivity contribution in [1.82, 2.24) is 4.98 Å². The summed E-state index contributed by atoms with van der Waals surface area (Å²) in [6, 6.07) is 0. The zero-order valence-electron chi connectivity index (χ0n) is 28.5. The smallest absolute Gasteiger partial charge is 0.412 e. The highest BCUT2D eigenvalue weighted by Gasteiger charge is 2.46. The molecule has 1 aromatic heterocycles. The Morgan fingerprint density at radius 1 is 1.16 bits per heavy atom. The van der Waals surface area contributed by atoms with E-state index in [0.29, 0.717) is 11.3 Å². The Labute approximate surface area is 267 Å². The van der Waals surface area contributed by atoms with Crippen LogP contribution in [0.5, 0.6) is 0 Å². The molecule has 0 saturated heterocycles. The molecule has 2 heterocycles. The van der Waals surface area contributed by atoms with Gasteiger partial charge in [-0.25, -0.2) is 4.98 Å². The standard InChI is InChI=1S/C34H52F3NO4SSi/c1-21-14-13-15-26(34(35,36)37)16-17-28(22(2)18-27-20-43-25(5)38-27)41-29(39)19-23(3)33(9,10)31(40)24(4)30(21)42-44(11,12)32(6,7)8/h13-14,16,18,20-21,23-24,28,30H,15,17,19H2,1-12H3/b14-13+,22-18+,26-16+/t21-,23-,24+,28?,30-/m0/s1. The summed E-state index contributed by atoms with van der Waals surface area (Å²) in [6.45, 7) is 23.4. The van der Waals surface area contributed by atoms with E-state index in [1.807, 2.05) is 46.9 Å². The molecule has 0 saturated carbocycles. The summed E-state index contributed by atoms with van der Waals surface area (Å²) in [5.41, 5.74) is -0.343. The molecule has 10 heteroatoms. The zero-order chi connectivity index (χ0) is 33.8. The van der Waals surface area contributed by atoms with Gasteiger partial charge in [0, 0.05) is 35.1 Å². The van der Waals surface area contributed by atoms with E-state index in [1.54, 1.807) is 19.1 Å². The number of thiazole rings is 1. The van der Waals surface area contributed by atoms with Gasteiger partial charge in [-0.2, -0.15) is 13.2 Å². The molecular weight excluding hydrogens is 604 g/mol. The minimum Gasteiger partial charge on any atom is -0.457 e. The Kier molecular flexibility index (Phi) is 12.6. The van der Waals surface area contributed by atoms with Crippen LogP contribution >= 0.6 is 11.3 Å². The fourth-order valence-electron chi connectivity index (χ4n) is 5.06. The van der Waals surface area contributed by atoms with Crippen LogP contribution in [0, 0.1) is 30.1 Å². The summed E-state index contributed by atoms with van der Waals surface area (Å²) < 4.78 is 55.1. The number of halogens is 3. The molecule has 1 aliphatic heterocycles. The summed E-state index contributed by atoms with van der Waals surface area (Å²) in [7, 11) is -2.35. The van der Waals surface area contributed by atoms with Crippen molar-refractivity contribution in [2.75, 3.05) is 0 Å². The van der Waals surface area contributed by atoms with Gasteiger partial charge in [-0.15, -0.1) is 11.3 Å². The van der Waals surface area contributed by atoms with Crippen LogP contribution in [0.2, 0.25) is 18.1 Å². The Morgan fingerprint density at radius 3 is 2.30 bits per heavy atom. The number of ketones is 1. The van der Waals surface area contributed by atoms with E-state index in [2.05, 4.69) is 38.8 Å². The third-order valence-corrected chi connectivity index (χ3v) is 14.8. The molecule has 0 fully saturated rings. The van der Waals surface area contributed by atoms with Gasteiger partial charge in [0.1, 0.15) is 11.9 Å². The van der Waals surface area contributed by atoms with Gasteiger partial charge in [0.25, 0.3) is 0 Å². The maximum Gasteiger partial charge on any atom is 0.412 e. The molecule has 0 aromatic carbocycles. The molecular formula is C34H52F3NO4SSi. The Bertz CT molecular complexity index is 1260. The number of nitrogens with zero attached hydrogens (tertiary/aromatic N) is 1. The molecule has 2 rings (SSSR count). The first-order chi connectivity index (χ1) is 20.0. The van der Waals surface area contributed by atoms with Crippen molar-refractivity contribution in [3.05, 3.63) is 45.5 Å². The lowest BCUT2D eigenvalue weighted by Gasteiger charge is -2.43. The maximum atomic E-state index is 14.2. The normalized spacial score (nSPS) is 29.1. The Hall–Kier alpha value is -2.04. The molecule has 0 bridgehead atoms. The molecule has 5 atom stereocenters. The number of carbonyl (C=O) groups excluding carboxylic acids is 2. The number of hydrogen-bond donors (Lipinski definition) is 0. The zero-order valence-corrected chi connectivity index (χ0v) is 30.3. The number of rotatable bonds is 4. The van der Waals surface area contributed by atoms with Crippen LogP contribution in [-0.4, -0.2) is 43.4 Å². The average molecular weight is 656 g/mol. The molecule has 1 aliphatic rings. The number of aryl methyl sites for hydroxylation is 1. The monoisotopic (exact) mass is 655 g/mol. The molecule has 44 heavy (non-hydrogen) atoms. The van der Waals surface area contributed by atoms with Crippen molar-refractivity contribution in [3.63, 3.8) is 0 Å². The molecule has 0 amide bonds. The number of alkyl halides is 3. The first-order valence-electron chi connectivity index (χ1n) is 15.4. The number of carbonyl (C=O) groups is 2. The summed E-state index contributed by atoms with van der Waals surface area (Å²) in [5, 5.41) is 2.57. The number of Topliss-reactive ketones (excluding diaryl/α,β-unsaturated/α-hetero) is 1. The Morgan fingerprint density at radius 2 is 1.77 bits per heavy atom. The van der Waals surface area contributed by atoms with Crippen LogP contribution in [0.25, 0.3) is 6.08 Å².